The average Bonchev–Trinajstić information content (AvgIpc) is 3.28. The van der Waals surface area contributed by atoms with Gasteiger partial charge >= 0.3 is 11.8 Å². The van der Waals surface area contributed by atoms with Gasteiger partial charge in [0.15, 0.2) is 23.3 Å². The lowest BCUT2D eigenvalue weighted by Gasteiger charge is -2.41. The van der Waals surface area contributed by atoms with Crippen LogP contribution >= 0.6 is 0 Å². The Labute approximate surface area is 366 Å². The molecule has 0 heterocycles. The predicted molar refractivity (Wildman–Crippen MR) is 230 cm³/mol. The second kappa shape index (κ2) is 22.9. The molecule has 2 nitrogen and oxygen atoms in total. The maximum atomic E-state index is 14.9. The molecule has 4 aliphatic rings. The predicted octanol–water partition coefficient (Wildman–Crippen LogP) is 16.4. The molecule has 0 atom stereocenters. The lowest BCUT2D eigenvalue weighted by atomic mass is 9.67. The van der Waals surface area contributed by atoms with E-state index < -0.39 is 63.7 Å². The van der Waals surface area contributed by atoms with Gasteiger partial charge in [0.05, 0.1) is 11.1 Å². The molecule has 348 valence electrons. The zero-order valence-corrected chi connectivity index (χ0v) is 37.7. The molecule has 0 unspecified atom stereocenters. The van der Waals surface area contributed by atoms with Gasteiger partial charge in [-0.05, 0) is 150 Å². The Morgan fingerprint density at radius 2 is 0.919 bits per heavy atom. The maximum absolute atomic E-state index is 14.9. The number of aryl methyl sites for hydroxylation is 2. The molecule has 4 aliphatic carbocycles. The van der Waals surface area contributed by atoms with Gasteiger partial charge in [-0.1, -0.05) is 103 Å². The topological polar surface area (TPSA) is 34.1 Å². The molecule has 2 aromatic carbocycles. The largest absolute Gasteiger partial charge is 0.338 e. The van der Waals surface area contributed by atoms with E-state index in [1.807, 2.05) is 0 Å². The molecule has 0 aliphatic heterocycles. The van der Waals surface area contributed by atoms with Crippen molar-refractivity contribution in [3.05, 3.63) is 69.8 Å². The summed E-state index contributed by atoms with van der Waals surface area (Å²) in [6.07, 6.45) is 24.6. The Hall–Kier alpha value is -2.78. The highest BCUT2D eigenvalue weighted by Gasteiger charge is 2.63. The minimum absolute atomic E-state index is 0.000349. The summed E-state index contributed by atoms with van der Waals surface area (Å²) >= 11 is 0. The van der Waals surface area contributed by atoms with E-state index in [1.54, 1.807) is 0 Å². The van der Waals surface area contributed by atoms with Crippen LogP contribution in [0.1, 0.15) is 195 Å². The summed E-state index contributed by atoms with van der Waals surface area (Å²) in [6.45, 7) is 7.09. The second-order valence-corrected chi connectivity index (χ2v) is 19.8. The van der Waals surface area contributed by atoms with Crippen molar-refractivity contribution in [2.24, 2.45) is 47.3 Å². The molecule has 0 saturated heterocycles. The Bertz CT molecular complexity index is 1740. The minimum Gasteiger partial charge on any atom is -0.290 e. The molecule has 6 rings (SSSR count). The zero-order chi connectivity index (χ0) is 45.2. The number of benzene rings is 2. The molecular formula is C52H72F8O2. The van der Waals surface area contributed by atoms with Gasteiger partial charge in [0, 0.05) is 11.8 Å². The Morgan fingerprint density at radius 1 is 0.516 bits per heavy atom. The van der Waals surface area contributed by atoms with Crippen LogP contribution in [-0.4, -0.2) is 17.5 Å². The van der Waals surface area contributed by atoms with E-state index in [1.165, 1.54) is 116 Å². The molecule has 0 amide bonds. The van der Waals surface area contributed by atoms with Gasteiger partial charge in [-0.15, -0.1) is 0 Å². The van der Waals surface area contributed by atoms with Gasteiger partial charge in [0.1, 0.15) is 0 Å². The first-order valence-electron chi connectivity index (χ1n) is 24.2. The van der Waals surface area contributed by atoms with E-state index in [0.29, 0.717) is 49.5 Å². The third-order valence-electron chi connectivity index (χ3n) is 15.8. The lowest BCUT2D eigenvalue weighted by Crippen LogP contribution is -2.46. The first kappa shape index (κ1) is 50.2. The normalized spacial score (nSPS) is 27.3. The van der Waals surface area contributed by atoms with Crippen molar-refractivity contribution in [1.29, 1.82) is 0 Å². The highest BCUT2D eigenvalue weighted by Crippen LogP contribution is 2.54. The Balaban J connectivity index is 0.000000235. The van der Waals surface area contributed by atoms with Gasteiger partial charge < -0.3 is 0 Å². The quantitative estimate of drug-likeness (QED) is 0.0729. The summed E-state index contributed by atoms with van der Waals surface area (Å²) in [5.41, 5.74) is -2.02. The van der Waals surface area contributed by atoms with Crippen molar-refractivity contribution in [1.82, 2.24) is 0 Å². The molecule has 0 N–H and O–H groups in total. The third kappa shape index (κ3) is 12.1. The molecule has 4 fully saturated rings. The number of alkyl halides is 4. The van der Waals surface area contributed by atoms with Crippen LogP contribution in [0.3, 0.4) is 0 Å². The van der Waals surface area contributed by atoms with E-state index in [-0.39, 0.29) is 29.9 Å². The number of carbonyl (C=O) groups is 2. The summed E-state index contributed by atoms with van der Waals surface area (Å²) in [6, 6.07) is 4.10. The van der Waals surface area contributed by atoms with Crippen LogP contribution in [0.5, 0.6) is 0 Å². The van der Waals surface area contributed by atoms with Crippen molar-refractivity contribution in [2.75, 3.05) is 0 Å². The van der Waals surface area contributed by atoms with E-state index in [2.05, 4.69) is 13.8 Å². The first-order chi connectivity index (χ1) is 29.5. The first-order valence-corrected chi connectivity index (χ1v) is 24.2. The summed E-state index contributed by atoms with van der Waals surface area (Å²) in [7, 11) is 0. The van der Waals surface area contributed by atoms with Crippen molar-refractivity contribution in [3.8, 4) is 0 Å². The Morgan fingerprint density at radius 3 is 1.37 bits per heavy atom. The fourth-order valence-electron chi connectivity index (χ4n) is 11.5. The van der Waals surface area contributed by atoms with E-state index in [4.69, 9.17) is 0 Å². The number of hydrogen-bond donors (Lipinski definition) is 0. The fraction of sp³-hybridized carbons (Fsp3) is 0.731. The molecule has 2 aromatic rings. The number of hydrogen-bond acceptors (Lipinski definition) is 2. The number of unbranched alkanes of at least 4 members (excludes halogenated alkanes) is 4. The van der Waals surface area contributed by atoms with Crippen LogP contribution in [0.2, 0.25) is 0 Å². The monoisotopic (exact) mass is 881 g/mol. The van der Waals surface area contributed by atoms with Crippen molar-refractivity contribution >= 4 is 11.6 Å². The summed E-state index contributed by atoms with van der Waals surface area (Å²) < 4.78 is 115. The van der Waals surface area contributed by atoms with Crippen LogP contribution in [0, 0.1) is 84.5 Å². The third-order valence-corrected chi connectivity index (χ3v) is 15.8. The summed E-state index contributed by atoms with van der Waals surface area (Å²) in [5.74, 6) is -14.2. The number of halogens is 8. The van der Waals surface area contributed by atoms with Crippen LogP contribution in [0.4, 0.5) is 35.1 Å². The van der Waals surface area contributed by atoms with Crippen LogP contribution in [0.25, 0.3) is 0 Å². The van der Waals surface area contributed by atoms with Gasteiger partial charge in [-0.2, -0.15) is 17.6 Å². The highest BCUT2D eigenvalue weighted by molar-refractivity contribution is 6.44. The number of ketones is 2. The molecule has 0 bridgehead atoms. The standard InChI is InChI=1S/C26H36F6.C26H36F2O2/c1-3-4-5-6-18-8-10-19(11-9-18)20-12-14-21(15-13-20)25(29,30)26(31,32)22-16-7-17(2)23(27)24(22)28;1-3-4-5-6-18-8-10-19(11-9-18)20-12-14-21(15-13-20)25(29)26(30)22-16-7-17(2)23(27)24(22)28/h7,16,18-21H,3-6,8-15H2,1-2H3;7,16,18-21H,3-6,8-15H2,1-2H3. The van der Waals surface area contributed by atoms with Crippen molar-refractivity contribution in [3.63, 3.8) is 0 Å². The van der Waals surface area contributed by atoms with Gasteiger partial charge in [0.25, 0.3) is 0 Å². The molecule has 10 heteroatoms. The SMILES string of the molecule is CCCCCC1CCC(C2CCC(C(=O)C(=O)c3ccc(C)c(F)c3F)CC2)CC1.CCCCCC1CCC(C2CCC(C(F)(F)C(F)(F)c3ccc(C)c(F)c3F)CC2)CC1. The average molecular weight is 881 g/mol. The second-order valence-electron chi connectivity index (χ2n) is 19.8. The maximum Gasteiger partial charge on any atom is 0.338 e. The van der Waals surface area contributed by atoms with Gasteiger partial charge in [-0.3, -0.25) is 9.59 Å². The van der Waals surface area contributed by atoms with Crippen LogP contribution < -0.4 is 0 Å². The lowest BCUT2D eigenvalue weighted by molar-refractivity contribution is -0.251. The van der Waals surface area contributed by atoms with Gasteiger partial charge in [-0.25, -0.2) is 17.6 Å². The number of carbonyl (C=O) groups excluding carboxylic acids is 2. The molecule has 0 aromatic heterocycles. The smallest absolute Gasteiger partial charge is 0.290 e. The molecule has 0 spiro atoms. The number of rotatable bonds is 16. The minimum atomic E-state index is -4.75. The Kier molecular flexibility index (Phi) is 18.6. The van der Waals surface area contributed by atoms with E-state index in [0.717, 1.165) is 49.5 Å². The highest BCUT2D eigenvalue weighted by atomic mass is 19.3. The van der Waals surface area contributed by atoms with Gasteiger partial charge in [0.2, 0.25) is 11.6 Å². The van der Waals surface area contributed by atoms with Crippen molar-refractivity contribution < 1.29 is 44.7 Å². The van der Waals surface area contributed by atoms with Crippen LogP contribution in [-0.2, 0) is 10.7 Å². The molecule has 0 radical (unpaired) electrons. The van der Waals surface area contributed by atoms with E-state index in [9.17, 15) is 44.7 Å². The number of Topliss-reactive ketones (excluding diaryl/α,β-unsaturated/α-hetero) is 2. The van der Waals surface area contributed by atoms with Crippen LogP contribution in [0.15, 0.2) is 24.3 Å². The van der Waals surface area contributed by atoms with E-state index >= 15 is 0 Å². The van der Waals surface area contributed by atoms with Crippen molar-refractivity contribution in [2.45, 2.75) is 194 Å². The molecule has 62 heavy (non-hydrogen) atoms. The summed E-state index contributed by atoms with van der Waals surface area (Å²) in [4.78, 5) is 25.2. The summed E-state index contributed by atoms with van der Waals surface area (Å²) in [5, 5.41) is 0. The zero-order valence-electron chi connectivity index (χ0n) is 37.7. The fourth-order valence-corrected chi connectivity index (χ4v) is 11.5. The molecule has 4 saturated carbocycles. The molecular weight excluding hydrogens is 809 g/mol.